The van der Waals surface area contributed by atoms with E-state index in [2.05, 4.69) is 15.5 Å². The van der Waals surface area contributed by atoms with Crippen LogP contribution < -0.4 is 5.32 Å². The lowest BCUT2D eigenvalue weighted by Crippen LogP contribution is -2.22. The zero-order valence-corrected chi connectivity index (χ0v) is 12.2. The molecule has 6 heteroatoms. The van der Waals surface area contributed by atoms with Crippen molar-refractivity contribution in [1.82, 2.24) is 15.1 Å². The van der Waals surface area contributed by atoms with E-state index in [1.165, 1.54) is 13.0 Å². The van der Waals surface area contributed by atoms with Crippen LogP contribution in [0, 0.1) is 0 Å². The topological polar surface area (TPSA) is 78.1 Å². The van der Waals surface area contributed by atoms with Crippen LogP contribution in [-0.4, -0.2) is 26.9 Å². The van der Waals surface area contributed by atoms with Gasteiger partial charge in [0.15, 0.2) is 0 Å². The molecular formula is C16H16N4O2. The molecule has 1 aromatic heterocycles. The maximum absolute atomic E-state index is 12.0. The summed E-state index contributed by atoms with van der Waals surface area (Å²) in [5, 5.41) is 9.72. The largest absolute Gasteiger partial charge is 0.332 e. The second-order valence-corrected chi connectivity index (χ2v) is 5.13. The normalized spacial score (nSPS) is 13.4. The van der Waals surface area contributed by atoms with Crippen molar-refractivity contribution in [2.75, 3.05) is 5.32 Å². The summed E-state index contributed by atoms with van der Waals surface area (Å²) < 4.78 is 0. The fourth-order valence-electron chi connectivity index (χ4n) is 2.36. The Morgan fingerprint density at radius 1 is 1.27 bits per heavy atom. The van der Waals surface area contributed by atoms with Crippen LogP contribution in [-0.2, 0) is 22.7 Å². The first-order valence-corrected chi connectivity index (χ1v) is 6.99. The van der Waals surface area contributed by atoms with Crippen LogP contribution in [0.25, 0.3) is 6.08 Å². The van der Waals surface area contributed by atoms with Crippen LogP contribution in [0.3, 0.4) is 0 Å². The molecule has 1 aliphatic rings. The highest BCUT2D eigenvalue weighted by molar-refractivity contribution is 6.01. The molecule has 6 nitrogen and oxygen atoms in total. The van der Waals surface area contributed by atoms with Gasteiger partial charge in [-0.3, -0.25) is 14.7 Å². The number of nitrogens with one attached hydrogen (secondary N) is 2. The molecule has 0 fully saturated rings. The second kappa shape index (κ2) is 5.85. The molecule has 0 aliphatic carbocycles. The molecule has 2 N–H and O–H groups in total. The number of amides is 2. The molecule has 1 aliphatic heterocycles. The van der Waals surface area contributed by atoms with Crippen LogP contribution in [0.15, 0.2) is 36.4 Å². The van der Waals surface area contributed by atoms with E-state index in [4.69, 9.17) is 0 Å². The van der Waals surface area contributed by atoms with Crippen molar-refractivity contribution in [3.8, 4) is 0 Å². The lowest BCUT2D eigenvalue weighted by atomic mass is 10.2. The van der Waals surface area contributed by atoms with E-state index in [-0.39, 0.29) is 11.8 Å². The number of rotatable bonds is 3. The Labute approximate surface area is 127 Å². The Hall–Kier alpha value is -2.89. The molecule has 1 aromatic carbocycles. The summed E-state index contributed by atoms with van der Waals surface area (Å²) in [6.07, 6.45) is 3.22. The number of anilines is 1. The van der Waals surface area contributed by atoms with Gasteiger partial charge < -0.3 is 10.2 Å². The zero-order chi connectivity index (χ0) is 15.5. The number of aromatic nitrogens is 2. The van der Waals surface area contributed by atoms with E-state index < -0.39 is 0 Å². The first-order valence-electron chi connectivity index (χ1n) is 6.99. The molecule has 112 valence electrons. The summed E-state index contributed by atoms with van der Waals surface area (Å²) in [4.78, 5) is 25.0. The monoisotopic (exact) mass is 296 g/mol. The van der Waals surface area contributed by atoms with Crippen molar-refractivity contribution in [2.24, 2.45) is 0 Å². The molecule has 2 amide bonds. The minimum absolute atomic E-state index is 0.000694. The molecule has 0 saturated carbocycles. The third kappa shape index (κ3) is 2.90. The lowest BCUT2D eigenvalue weighted by molar-refractivity contribution is -0.129. The van der Waals surface area contributed by atoms with Gasteiger partial charge in [0.2, 0.25) is 11.8 Å². The Morgan fingerprint density at radius 3 is 2.77 bits per heavy atom. The van der Waals surface area contributed by atoms with Gasteiger partial charge >= 0.3 is 0 Å². The summed E-state index contributed by atoms with van der Waals surface area (Å²) in [6.45, 7) is 2.48. The third-order valence-electron chi connectivity index (χ3n) is 3.56. The lowest BCUT2D eigenvalue weighted by Gasteiger charge is -2.12. The molecule has 3 rings (SSSR count). The minimum Gasteiger partial charge on any atom is -0.332 e. The van der Waals surface area contributed by atoms with Gasteiger partial charge in [-0.2, -0.15) is 5.10 Å². The van der Waals surface area contributed by atoms with Crippen LogP contribution >= 0.6 is 0 Å². The average Bonchev–Trinajstić information content (AvgIpc) is 3.08. The van der Waals surface area contributed by atoms with Gasteiger partial charge in [0.25, 0.3) is 0 Å². The number of carbonyl (C=O) groups is 2. The second-order valence-electron chi connectivity index (χ2n) is 5.13. The van der Waals surface area contributed by atoms with Gasteiger partial charge in [-0.1, -0.05) is 30.3 Å². The minimum atomic E-state index is -0.239. The molecule has 0 unspecified atom stereocenters. The molecule has 0 atom stereocenters. The molecule has 0 bridgehead atoms. The molecule has 0 radical (unpaired) electrons. The number of benzene rings is 1. The van der Waals surface area contributed by atoms with Gasteiger partial charge in [-0.25, -0.2) is 0 Å². The van der Waals surface area contributed by atoms with E-state index in [1.54, 1.807) is 11.0 Å². The molecule has 22 heavy (non-hydrogen) atoms. The highest BCUT2D eigenvalue weighted by atomic mass is 16.2. The predicted molar refractivity (Wildman–Crippen MR) is 82.6 cm³/mol. The van der Waals surface area contributed by atoms with Gasteiger partial charge in [0.1, 0.15) is 5.82 Å². The number of hydrogen-bond donors (Lipinski definition) is 2. The molecule has 0 saturated heterocycles. The van der Waals surface area contributed by atoms with Crippen LogP contribution in [0.4, 0.5) is 5.82 Å². The SMILES string of the molecule is CC(=O)N1Cc2n[nH]c(NC(=O)C=Cc3ccccc3)c2C1. The summed E-state index contributed by atoms with van der Waals surface area (Å²) in [5.74, 6) is 0.317. The van der Waals surface area contributed by atoms with E-state index in [0.29, 0.717) is 18.9 Å². The summed E-state index contributed by atoms with van der Waals surface area (Å²) in [6, 6.07) is 9.59. The number of fused-ring (bicyclic) bond motifs is 1. The van der Waals surface area contributed by atoms with Crippen molar-refractivity contribution in [3.05, 3.63) is 53.2 Å². The molecule has 0 spiro atoms. The maximum Gasteiger partial charge on any atom is 0.249 e. The number of nitrogens with zero attached hydrogens (tertiary/aromatic N) is 2. The number of aromatic amines is 1. The van der Waals surface area contributed by atoms with Crippen LogP contribution in [0.1, 0.15) is 23.7 Å². The first-order chi connectivity index (χ1) is 10.6. The fourth-order valence-corrected chi connectivity index (χ4v) is 2.36. The standard InChI is InChI=1S/C16H16N4O2/c1-11(21)20-9-13-14(10-20)18-19-16(13)17-15(22)8-7-12-5-3-2-4-6-12/h2-8H,9-10H2,1H3,(H2,17,18,19,22). The van der Waals surface area contributed by atoms with Crippen LogP contribution in [0.5, 0.6) is 0 Å². The van der Waals surface area contributed by atoms with Gasteiger partial charge in [-0.05, 0) is 11.6 Å². The van der Waals surface area contributed by atoms with Gasteiger partial charge in [-0.15, -0.1) is 0 Å². The molecule has 2 aromatic rings. The van der Waals surface area contributed by atoms with E-state index in [1.807, 2.05) is 30.3 Å². The zero-order valence-electron chi connectivity index (χ0n) is 12.2. The predicted octanol–water partition coefficient (Wildman–Crippen LogP) is 1.92. The van der Waals surface area contributed by atoms with Gasteiger partial charge in [0.05, 0.1) is 18.8 Å². The van der Waals surface area contributed by atoms with Crippen molar-refractivity contribution in [1.29, 1.82) is 0 Å². The fraction of sp³-hybridized carbons (Fsp3) is 0.188. The van der Waals surface area contributed by atoms with Gasteiger partial charge in [0, 0.05) is 18.6 Å². The highest BCUT2D eigenvalue weighted by Gasteiger charge is 2.26. The Balaban J connectivity index is 1.67. The van der Waals surface area contributed by atoms with E-state index >= 15 is 0 Å². The van der Waals surface area contributed by atoms with E-state index in [0.717, 1.165) is 16.8 Å². The quantitative estimate of drug-likeness (QED) is 0.849. The highest BCUT2D eigenvalue weighted by Crippen LogP contribution is 2.26. The smallest absolute Gasteiger partial charge is 0.249 e. The number of H-pyrrole nitrogens is 1. The Bertz CT molecular complexity index is 734. The third-order valence-corrected chi connectivity index (χ3v) is 3.56. The first kappa shape index (κ1) is 14.1. The van der Waals surface area contributed by atoms with E-state index in [9.17, 15) is 9.59 Å². The summed E-state index contributed by atoms with van der Waals surface area (Å²) in [7, 11) is 0. The van der Waals surface area contributed by atoms with Crippen molar-refractivity contribution in [2.45, 2.75) is 20.0 Å². The van der Waals surface area contributed by atoms with Crippen LogP contribution in [0.2, 0.25) is 0 Å². The average molecular weight is 296 g/mol. The number of carbonyl (C=O) groups excluding carboxylic acids is 2. The number of hydrogen-bond acceptors (Lipinski definition) is 3. The Kier molecular flexibility index (Phi) is 3.74. The molecular weight excluding hydrogens is 280 g/mol. The Morgan fingerprint density at radius 2 is 2.05 bits per heavy atom. The van der Waals surface area contributed by atoms with Crippen molar-refractivity contribution >= 4 is 23.7 Å². The maximum atomic E-state index is 12.0. The summed E-state index contributed by atoms with van der Waals surface area (Å²) >= 11 is 0. The molecule has 2 heterocycles. The van der Waals surface area contributed by atoms with Crippen molar-refractivity contribution in [3.63, 3.8) is 0 Å². The van der Waals surface area contributed by atoms with Crippen molar-refractivity contribution < 1.29 is 9.59 Å². The summed E-state index contributed by atoms with van der Waals surface area (Å²) in [5.41, 5.74) is 2.63.